The van der Waals surface area contributed by atoms with Gasteiger partial charge in [0.05, 0.1) is 25.8 Å². The van der Waals surface area contributed by atoms with Gasteiger partial charge in [-0.1, -0.05) is 17.3 Å². The summed E-state index contributed by atoms with van der Waals surface area (Å²) in [6, 6.07) is 11.8. The summed E-state index contributed by atoms with van der Waals surface area (Å²) in [7, 11) is 3.29. The van der Waals surface area contributed by atoms with Crippen LogP contribution in [0, 0.1) is 5.92 Å². The Hall–Kier alpha value is -2.69. The summed E-state index contributed by atoms with van der Waals surface area (Å²) in [5, 5.41) is 4.34. The number of nitrogen functional groups attached to an aromatic ring is 1. The van der Waals surface area contributed by atoms with Gasteiger partial charge in [0.2, 0.25) is 0 Å². The van der Waals surface area contributed by atoms with E-state index < -0.39 is 0 Å². The molecule has 0 saturated carbocycles. The lowest BCUT2D eigenvalue weighted by Gasteiger charge is -2.15. The summed E-state index contributed by atoms with van der Waals surface area (Å²) in [4.78, 5) is 5.71. The molecule has 5 nitrogen and oxygen atoms in total. The monoisotopic (exact) mass is 310 g/mol. The van der Waals surface area contributed by atoms with Gasteiger partial charge in [0.1, 0.15) is 0 Å². The molecule has 1 aliphatic heterocycles. The van der Waals surface area contributed by atoms with Gasteiger partial charge in [-0.25, -0.2) is 0 Å². The molecule has 0 radical (unpaired) electrons. The highest BCUT2D eigenvalue weighted by atomic mass is 16.6. The fourth-order valence-electron chi connectivity index (χ4n) is 3.45. The van der Waals surface area contributed by atoms with Crippen molar-refractivity contribution >= 4 is 11.4 Å². The molecule has 1 aliphatic carbocycles. The maximum absolute atomic E-state index is 5.90. The molecule has 1 heterocycles. The number of hydrogen-bond acceptors (Lipinski definition) is 5. The molecule has 0 saturated heterocycles. The Balaban J connectivity index is 1.71. The molecule has 4 rings (SSSR count). The van der Waals surface area contributed by atoms with Gasteiger partial charge in [0, 0.05) is 11.3 Å². The standard InChI is InChI=1S/C18H18N2O3/c1-21-15-8-11-7-14-17(13(11)9-16(15)22-2)20-23-18(14)10-4-3-5-12(19)6-10/h3-6,8-9,14,18H,7,19H2,1-2H3. The first-order chi connectivity index (χ1) is 11.2. The van der Waals surface area contributed by atoms with E-state index in [1.54, 1.807) is 14.2 Å². The summed E-state index contributed by atoms with van der Waals surface area (Å²) in [6.45, 7) is 0. The van der Waals surface area contributed by atoms with Gasteiger partial charge in [-0.05, 0) is 41.8 Å². The SMILES string of the molecule is COc1cc2c(cc1OC)C1=NOC(c3cccc(N)c3)C1C2. The van der Waals surface area contributed by atoms with Crippen LogP contribution in [0.15, 0.2) is 41.6 Å². The maximum atomic E-state index is 5.90. The molecule has 118 valence electrons. The van der Waals surface area contributed by atoms with Crippen molar-refractivity contribution in [1.29, 1.82) is 0 Å². The molecule has 0 aromatic heterocycles. The number of benzene rings is 2. The second kappa shape index (κ2) is 5.19. The van der Waals surface area contributed by atoms with Crippen LogP contribution in [0.4, 0.5) is 5.69 Å². The molecule has 2 N–H and O–H groups in total. The average Bonchev–Trinajstić information content (AvgIpc) is 3.12. The molecule has 2 unspecified atom stereocenters. The Labute approximate surface area is 134 Å². The van der Waals surface area contributed by atoms with Gasteiger partial charge < -0.3 is 20.0 Å². The Morgan fingerprint density at radius 3 is 2.65 bits per heavy atom. The molecule has 2 aliphatic rings. The number of rotatable bonds is 3. The predicted molar refractivity (Wildman–Crippen MR) is 88.0 cm³/mol. The molecule has 0 amide bonds. The predicted octanol–water partition coefficient (Wildman–Crippen LogP) is 2.93. The van der Waals surface area contributed by atoms with Crippen LogP contribution in [0.5, 0.6) is 11.5 Å². The highest BCUT2D eigenvalue weighted by molar-refractivity contribution is 6.07. The van der Waals surface area contributed by atoms with Gasteiger partial charge in [0.15, 0.2) is 17.6 Å². The highest BCUT2D eigenvalue weighted by Gasteiger charge is 2.42. The zero-order valence-corrected chi connectivity index (χ0v) is 13.1. The van der Waals surface area contributed by atoms with E-state index in [2.05, 4.69) is 5.16 Å². The Morgan fingerprint density at radius 1 is 1.13 bits per heavy atom. The fraction of sp³-hybridized carbons (Fsp3) is 0.278. The number of nitrogens with zero attached hydrogens (tertiary/aromatic N) is 1. The lowest BCUT2D eigenvalue weighted by molar-refractivity contribution is 0.0615. The van der Waals surface area contributed by atoms with Crippen molar-refractivity contribution in [2.45, 2.75) is 12.5 Å². The summed E-state index contributed by atoms with van der Waals surface area (Å²) in [5.74, 6) is 1.65. The molecular formula is C18H18N2O3. The summed E-state index contributed by atoms with van der Waals surface area (Å²) >= 11 is 0. The van der Waals surface area contributed by atoms with Crippen molar-refractivity contribution in [2.75, 3.05) is 20.0 Å². The van der Waals surface area contributed by atoms with E-state index in [4.69, 9.17) is 20.0 Å². The quantitative estimate of drug-likeness (QED) is 0.885. The smallest absolute Gasteiger partial charge is 0.161 e. The zero-order valence-electron chi connectivity index (χ0n) is 13.1. The topological polar surface area (TPSA) is 66.1 Å². The summed E-state index contributed by atoms with van der Waals surface area (Å²) in [5.41, 5.74) is 11.0. The van der Waals surface area contributed by atoms with Crippen LogP contribution in [0.2, 0.25) is 0 Å². The zero-order chi connectivity index (χ0) is 16.0. The first-order valence-corrected chi connectivity index (χ1v) is 7.55. The van der Waals surface area contributed by atoms with E-state index >= 15 is 0 Å². The van der Waals surface area contributed by atoms with E-state index in [1.807, 2.05) is 36.4 Å². The molecule has 2 aromatic rings. The minimum Gasteiger partial charge on any atom is -0.493 e. The van der Waals surface area contributed by atoms with Crippen LogP contribution in [-0.2, 0) is 11.3 Å². The molecule has 2 atom stereocenters. The lowest BCUT2D eigenvalue weighted by Crippen LogP contribution is -2.14. The van der Waals surface area contributed by atoms with E-state index in [9.17, 15) is 0 Å². The van der Waals surface area contributed by atoms with Crippen LogP contribution in [-0.4, -0.2) is 19.9 Å². The third kappa shape index (κ3) is 2.11. The molecule has 0 fully saturated rings. The second-order valence-corrected chi connectivity index (χ2v) is 5.85. The fourth-order valence-corrected chi connectivity index (χ4v) is 3.45. The van der Waals surface area contributed by atoms with Crippen LogP contribution >= 0.6 is 0 Å². The Kier molecular flexibility index (Phi) is 3.15. The van der Waals surface area contributed by atoms with Crippen LogP contribution < -0.4 is 15.2 Å². The normalized spacial score (nSPS) is 21.2. The Bertz CT molecular complexity index is 801. The van der Waals surface area contributed by atoms with E-state index in [1.165, 1.54) is 5.56 Å². The van der Waals surface area contributed by atoms with Crippen molar-refractivity contribution in [3.63, 3.8) is 0 Å². The van der Waals surface area contributed by atoms with Gasteiger partial charge in [0.25, 0.3) is 0 Å². The Morgan fingerprint density at radius 2 is 1.91 bits per heavy atom. The third-order valence-corrected chi connectivity index (χ3v) is 4.55. The molecule has 0 spiro atoms. The van der Waals surface area contributed by atoms with Gasteiger partial charge in [-0.3, -0.25) is 0 Å². The van der Waals surface area contributed by atoms with E-state index in [0.29, 0.717) is 5.75 Å². The lowest BCUT2D eigenvalue weighted by atomic mass is 9.92. The number of fused-ring (bicyclic) bond motifs is 3. The van der Waals surface area contributed by atoms with Crippen molar-refractivity contribution in [1.82, 2.24) is 0 Å². The van der Waals surface area contributed by atoms with E-state index in [-0.39, 0.29) is 12.0 Å². The third-order valence-electron chi connectivity index (χ3n) is 4.55. The number of anilines is 1. The van der Waals surface area contributed by atoms with Crippen molar-refractivity contribution in [3.05, 3.63) is 53.1 Å². The van der Waals surface area contributed by atoms with Crippen molar-refractivity contribution in [2.24, 2.45) is 11.1 Å². The van der Waals surface area contributed by atoms with Crippen molar-refractivity contribution in [3.8, 4) is 11.5 Å². The first-order valence-electron chi connectivity index (χ1n) is 7.55. The van der Waals surface area contributed by atoms with Crippen LogP contribution in [0.1, 0.15) is 22.8 Å². The van der Waals surface area contributed by atoms with Gasteiger partial charge in [-0.15, -0.1) is 0 Å². The number of oxime groups is 1. The number of ether oxygens (including phenoxy) is 2. The number of hydrogen-bond donors (Lipinski definition) is 1. The molecule has 5 heteroatoms. The number of methoxy groups -OCH3 is 2. The molecule has 2 aromatic carbocycles. The summed E-state index contributed by atoms with van der Waals surface area (Å²) < 4.78 is 10.8. The minimum absolute atomic E-state index is 0.0992. The second-order valence-electron chi connectivity index (χ2n) is 5.85. The van der Waals surface area contributed by atoms with Gasteiger partial charge in [-0.2, -0.15) is 0 Å². The first kappa shape index (κ1) is 13.9. The maximum Gasteiger partial charge on any atom is 0.161 e. The largest absolute Gasteiger partial charge is 0.493 e. The molecule has 0 bridgehead atoms. The van der Waals surface area contributed by atoms with Crippen LogP contribution in [0.25, 0.3) is 0 Å². The molecule has 23 heavy (non-hydrogen) atoms. The van der Waals surface area contributed by atoms with Gasteiger partial charge >= 0.3 is 0 Å². The minimum atomic E-state index is -0.0992. The van der Waals surface area contributed by atoms with Crippen molar-refractivity contribution < 1.29 is 14.3 Å². The molecular weight excluding hydrogens is 292 g/mol. The number of nitrogens with two attached hydrogens (primary N) is 1. The highest BCUT2D eigenvalue weighted by Crippen LogP contribution is 2.45. The summed E-state index contributed by atoms with van der Waals surface area (Å²) in [6.07, 6.45) is 0.770. The van der Waals surface area contributed by atoms with Crippen LogP contribution in [0.3, 0.4) is 0 Å². The average molecular weight is 310 g/mol. The van der Waals surface area contributed by atoms with E-state index in [0.717, 1.165) is 34.7 Å².